The summed E-state index contributed by atoms with van der Waals surface area (Å²) in [5.74, 6) is 2.84. The molecule has 15 heavy (non-hydrogen) atoms. The van der Waals surface area contributed by atoms with E-state index in [0.29, 0.717) is 11.8 Å². The van der Waals surface area contributed by atoms with Crippen LogP contribution in [0.15, 0.2) is 0 Å². The number of aromatic nitrogens is 2. The van der Waals surface area contributed by atoms with Gasteiger partial charge < -0.3 is 5.73 Å². The summed E-state index contributed by atoms with van der Waals surface area (Å²) in [6.07, 6.45) is 2.55. The Morgan fingerprint density at radius 1 is 1.40 bits per heavy atom. The van der Waals surface area contributed by atoms with Crippen molar-refractivity contribution in [3.05, 3.63) is 11.3 Å². The van der Waals surface area contributed by atoms with E-state index in [1.54, 1.807) is 0 Å². The van der Waals surface area contributed by atoms with Crippen LogP contribution in [0.2, 0.25) is 0 Å². The van der Waals surface area contributed by atoms with Gasteiger partial charge in [0.15, 0.2) is 0 Å². The molecule has 2 N–H and O–H groups in total. The van der Waals surface area contributed by atoms with Crippen LogP contribution in [0.3, 0.4) is 0 Å². The maximum Gasteiger partial charge on any atom is 0.125 e. The van der Waals surface area contributed by atoms with Gasteiger partial charge in [-0.2, -0.15) is 5.10 Å². The van der Waals surface area contributed by atoms with Gasteiger partial charge in [-0.05, 0) is 24.7 Å². The molecule has 0 radical (unpaired) electrons. The van der Waals surface area contributed by atoms with Gasteiger partial charge in [0.1, 0.15) is 5.82 Å². The van der Waals surface area contributed by atoms with E-state index in [9.17, 15) is 0 Å². The van der Waals surface area contributed by atoms with Crippen LogP contribution in [-0.4, -0.2) is 9.78 Å². The van der Waals surface area contributed by atoms with Gasteiger partial charge in [-0.25, -0.2) is 0 Å². The fourth-order valence-corrected chi connectivity index (χ4v) is 2.59. The third kappa shape index (κ3) is 1.64. The molecule has 0 aliphatic heterocycles. The normalized spacial score (nSPS) is 25.7. The van der Waals surface area contributed by atoms with E-state index in [0.717, 1.165) is 11.7 Å². The Bertz CT molecular complexity index is 359. The predicted octanol–water partition coefficient (Wildman–Crippen LogP) is 2.64. The molecule has 0 saturated heterocycles. The minimum atomic E-state index is 0.476. The van der Waals surface area contributed by atoms with Gasteiger partial charge in [-0.15, -0.1) is 0 Å². The quantitative estimate of drug-likeness (QED) is 0.810. The number of aryl methyl sites for hydroxylation is 1. The van der Waals surface area contributed by atoms with Crippen molar-refractivity contribution in [2.45, 2.75) is 45.4 Å². The third-order valence-corrected chi connectivity index (χ3v) is 3.50. The molecular formula is C12H21N3. The lowest BCUT2D eigenvalue weighted by Crippen LogP contribution is -2.20. The summed E-state index contributed by atoms with van der Waals surface area (Å²) in [5, 5.41) is 4.58. The molecule has 0 unspecified atom stereocenters. The lowest BCUT2D eigenvalue weighted by molar-refractivity contribution is 0.280. The van der Waals surface area contributed by atoms with Gasteiger partial charge in [-0.1, -0.05) is 20.8 Å². The molecular weight excluding hydrogens is 186 g/mol. The zero-order valence-corrected chi connectivity index (χ0v) is 10.1. The van der Waals surface area contributed by atoms with Gasteiger partial charge in [-0.3, -0.25) is 4.68 Å². The van der Waals surface area contributed by atoms with Crippen LogP contribution >= 0.6 is 0 Å². The van der Waals surface area contributed by atoms with Crippen molar-refractivity contribution in [3.8, 4) is 0 Å². The van der Waals surface area contributed by atoms with E-state index >= 15 is 0 Å². The summed E-state index contributed by atoms with van der Waals surface area (Å²) < 4.78 is 1.83. The molecule has 84 valence electrons. The Labute approximate surface area is 91.7 Å². The van der Waals surface area contributed by atoms with Crippen LogP contribution in [-0.2, 0) is 7.05 Å². The van der Waals surface area contributed by atoms with E-state index in [4.69, 9.17) is 5.73 Å². The first kappa shape index (κ1) is 10.5. The number of hydrogen-bond acceptors (Lipinski definition) is 2. The highest BCUT2D eigenvalue weighted by atomic mass is 15.3. The Hall–Kier alpha value is -0.990. The van der Waals surface area contributed by atoms with Crippen molar-refractivity contribution in [1.29, 1.82) is 0 Å². The van der Waals surface area contributed by atoms with Crippen molar-refractivity contribution < 1.29 is 0 Å². The van der Waals surface area contributed by atoms with Crippen molar-refractivity contribution in [2.75, 3.05) is 5.73 Å². The molecule has 0 atom stereocenters. The molecule has 3 nitrogen and oxygen atoms in total. The average molecular weight is 207 g/mol. The average Bonchev–Trinajstić information content (AvgIpc) is 2.38. The monoisotopic (exact) mass is 207 g/mol. The van der Waals surface area contributed by atoms with Gasteiger partial charge in [0.25, 0.3) is 0 Å². The summed E-state index contributed by atoms with van der Waals surface area (Å²) in [5.41, 5.74) is 8.58. The van der Waals surface area contributed by atoms with Crippen LogP contribution in [0.25, 0.3) is 0 Å². The van der Waals surface area contributed by atoms with Crippen LogP contribution in [0.1, 0.15) is 56.7 Å². The van der Waals surface area contributed by atoms with E-state index in [1.807, 2.05) is 11.7 Å². The number of nitrogen functional groups attached to an aromatic ring is 1. The summed E-state index contributed by atoms with van der Waals surface area (Å²) in [7, 11) is 1.94. The minimum absolute atomic E-state index is 0.476. The molecule has 2 rings (SSSR count). The predicted molar refractivity (Wildman–Crippen MR) is 62.8 cm³/mol. The van der Waals surface area contributed by atoms with Gasteiger partial charge in [0.2, 0.25) is 0 Å². The lowest BCUT2D eigenvalue weighted by atomic mass is 9.73. The largest absolute Gasteiger partial charge is 0.384 e. The molecule has 1 aromatic rings. The first-order chi connectivity index (χ1) is 7.00. The first-order valence-electron chi connectivity index (χ1n) is 5.83. The molecule has 1 aliphatic rings. The number of anilines is 1. The van der Waals surface area contributed by atoms with Crippen LogP contribution in [0, 0.1) is 5.92 Å². The molecule has 1 heterocycles. The summed E-state index contributed by atoms with van der Waals surface area (Å²) >= 11 is 0. The molecule has 0 bridgehead atoms. The van der Waals surface area contributed by atoms with Crippen molar-refractivity contribution >= 4 is 5.82 Å². The van der Waals surface area contributed by atoms with Crippen molar-refractivity contribution in [1.82, 2.24) is 9.78 Å². The number of rotatable bonds is 2. The molecule has 0 spiro atoms. The van der Waals surface area contributed by atoms with Crippen molar-refractivity contribution in [2.24, 2.45) is 13.0 Å². The van der Waals surface area contributed by atoms with Crippen LogP contribution < -0.4 is 5.73 Å². The maximum absolute atomic E-state index is 6.06. The first-order valence-corrected chi connectivity index (χ1v) is 5.83. The third-order valence-electron chi connectivity index (χ3n) is 3.50. The maximum atomic E-state index is 6.06. The van der Waals surface area contributed by atoms with Gasteiger partial charge in [0, 0.05) is 18.5 Å². The molecule has 1 fully saturated rings. The second-order valence-electron chi connectivity index (χ2n) is 5.24. The fraction of sp³-hybridized carbons (Fsp3) is 0.750. The zero-order valence-electron chi connectivity index (χ0n) is 10.1. The molecule has 1 saturated carbocycles. The summed E-state index contributed by atoms with van der Waals surface area (Å²) in [6.45, 7) is 6.69. The zero-order chi connectivity index (χ0) is 11.2. The smallest absolute Gasteiger partial charge is 0.125 e. The summed E-state index contributed by atoms with van der Waals surface area (Å²) in [4.78, 5) is 0. The molecule has 0 aromatic carbocycles. The Morgan fingerprint density at radius 2 is 2.00 bits per heavy atom. The molecule has 3 heteroatoms. The van der Waals surface area contributed by atoms with Crippen LogP contribution in [0.4, 0.5) is 5.82 Å². The standard InChI is InChI=1S/C12H21N3/c1-7(2)10-11(9-5-8(3)6-9)14-15(4)12(10)13/h7-9H,5-6,13H2,1-4H3. The van der Waals surface area contributed by atoms with Gasteiger partial charge >= 0.3 is 0 Å². The van der Waals surface area contributed by atoms with Crippen molar-refractivity contribution in [3.63, 3.8) is 0 Å². The van der Waals surface area contributed by atoms with Gasteiger partial charge in [0.05, 0.1) is 5.69 Å². The molecule has 1 aliphatic carbocycles. The highest BCUT2D eigenvalue weighted by Crippen LogP contribution is 2.44. The van der Waals surface area contributed by atoms with E-state index in [1.165, 1.54) is 24.1 Å². The highest BCUT2D eigenvalue weighted by molar-refractivity contribution is 5.47. The lowest BCUT2D eigenvalue weighted by Gasteiger charge is -2.32. The number of nitrogens with zero attached hydrogens (tertiary/aromatic N) is 2. The molecule has 0 amide bonds. The second kappa shape index (κ2) is 3.54. The highest BCUT2D eigenvalue weighted by Gasteiger charge is 2.32. The molecule has 1 aromatic heterocycles. The Morgan fingerprint density at radius 3 is 2.47 bits per heavy atom. The fourth-order valence-electron chi connectivity index (χ4n) is 2.59. The SMILES string of the molecule is CC1CC(c2nn(C)c(N)c2C(C)C)C1. The summed E-state index contributed by atoms with van der Waals surface area (Å²) in [6, 6.07) is 0. The van der Waals surface area contributed by atoms with E-state index in [-0.39, 0.29) is 0 Å². The number of hydrogen-bond donors (Lipinski definition) is 1. The van der Waals surface area contributed by atoms with E-state index in [2.05, 4.69) is 25.9 Å². The topological polar surface area (TPSA) is 43.8 Å². The van der Waals surface area contributed by atoms with Crippen LogP contribution in [0.5, 0.6) is 0 Å². The van der Waals surface area contributed by atoms with E-state index < -0.39 is 0 Å². The minimum Gasteiger partial charge on any atom is -0.384 e. The Balaban J connectivity index is 2.34. The number of nitrogens with two attached hydrogens (primary N) is 1. The second-order valence-corrected chi connectivity index (χ2v) is 5.24. The Kier molecular flexibility index (Phi) is 2.49.